The second-order valence-corrected chi connectivity index (χ2v) is 4.01. The Labute approximate surface area is 89.1 Å². The van der Waals surface area contributed by atoms with Crippen molar-refractivity contribution in [1.29, 1.82) is 0 Å². The first kappa shape index (κ1) is 9.62. The van der Waals surface area contributed by atoms with Gasteiger partial charge in [-0.2, -0.15) is 0 Å². The molecule has 0 aliphatic carbocycles. The summed E-state index contributed by atoms with van der Waals surface area (Å²) in [6, 6.07) is 10.2. The van der Waals surface area contributed by atoms with E-state index in [1.807, 2.05) is 18.2 Å². The minimum atomic E-state index is -0.0785. The van der Waals surface area contributed by atoms with E-state index in [-0.39, 0.29) is 6.04 Å². The molecule has 2 atom stereocenters. The van der Waals surface area contributed by atoms with Crippen LogP contribution in [-0.4, -0.2) is 17.7 Å². The molecule has 0 amide bonds. The highest BCUT2D eigenvalue weighted by Gasteiger charge is 2.30. The molecule has 3 heteroatoms. The molecule has 2 nitrogen and oxygen atoms in total. The van der Waals surface area contributed by atoms with Crippen molar-refractivity contribution in [2.24, 2.45) is 11.7 Å². The van der Waals surface area contributed by atoms with E-state index in [1.54, 1.807) is 0 Å². The zero-order valence-corrected chi connectivity index (χ0v) is 8.67. The summed E-state index contributed by atoms with van der Waals surface area (Å²) in [4.78, 5) is 0. The Morgan fingerprint density at radius 1 is 1.36 bits per heavy atom. The van der Waals surface area contributed by atoms with Crippen LogP contribution in [0.15, 0.2) is 30.3 Å². The number of ether oxygens (including phenoxy) is 1. The lowest BCUT2D eigenvalue weighted by molar-refractivity contribution is 0.301. The minimum absolute atomic E-state index is 0.0785. The number of nitrogens with two attached hydrogens (primary N) is 1. The highest BCUT2D eigenvalue weighted by molar-refractivity contribution is 7.80. The second-order valence-electron chi connectivity index (χ2n) is 3.61. The van der Waals surface area contributed by atoms with Crippen LogP contribution in [0.25, 0.3) is 0 Å². The molecule has 0 saturated carbocycles. The third-order valence-electron chi connectivity index (χ3n) is 2.56. The zero-order chi connectivity index (χ0) is 9.97. The highest BCUT2D eigenvalue weighted by atomic mass is 32.1. The van der Waals surface area contributed by atoms with E-state index < -0.39 is 0 Å². The largest absolute Gasteiger partial charge is 0.485 e. The fourth-order valence-corrected chi connectivity index (χ4v) is 1.94. The summed E-state index contributed by atoms with van der Waals surface area (Å²) in [7, 11) is 0. The van der Waals surface area contributed by atoms with Crippen LogP contribution in [0.3, 0.4) is 0 Å². The number of thiocarbonyl (C=S) groups is 1. The van der Waals surface area contributed by atoms with Crippen molar-refractivity contribution < 1.29 is 4.74 Å². The quantitative estimate of drug-likeness (QED) is 0.747. The molecule has 1 aromatic carbocycles. The van der Waals surface area contributed by atoms with E-state index in [0.29, 0.717) is 17.6 Å². The summed E-state index contributed by atoms with van der Waals surface area (Å²) in [5.74, 6) is 0.338. The van der Waals surface area contributed by atoms with Crippen molar-refractivity contribution >= 4 is 17.3 Å². The van der Waals surface area contributed by atoms with Gasteiger partial charge in [0.05, 0.1) is 12.6 Å². The monoisotopic (exact) mass is 207 g/mol. The van der Waals surface area contributed by atoms with Gasteiger partial charge >= 0.3 is 0 Å². The van der Waals surface area contributed by atoms with Gasteiger partial charge in [0.2, 0.25) is 0 Å². The Morgan fingerprint density at radius 3 is 2.64 bits per heavy atom. The molecule has 0 radical (unpaired) electrons. The van der Waals surface area contributed by atoms with Gasteiger partial charge < -0.3 is 10.5 Å². The molecule has 1 aliphatic rings. The van der Waals surface area contributed by atoms with Crippen molar-refractivity contribution in [1.82, 2.24) is 0 Å². The van der Waals surface area contributed by atoms with Crippen LogP contribution in [0.2, 0.25) is 0 Å². The SMILES string of the molecule is N[C@H]1C(=S)OCC1Cc1ccccc1. The third-order valence-corrected chi connectivity index (χ3v) is 2.95. The van der Waals surface area contributed by atoms with E-state index in [1.165, 1.54) is 5.56 Å². The maximum Gasteiger partial charge on any atom is 0.176 e. The summed E-state index contributed by atoms with van der Waals surface area (Å²) in [5, 5.41) is 0.561. The predicted octanol–water partition coefficient (Wildman–Crippen LogP) is 1.53. The second kappa shape index (κ2) is 4.07. The van der Waals surface area contributed by atoms with E-state index in [9.17, 15) is 0 Å². The lowest BCUT2D eigenvalue weighted by atomic mass is 9.96. The number of benzene rings is 1. The smallest absolute Gasteiger partial charge is 0.176 e. The van der Waals surface area contributed by atoms with Crippen molar-refractivity contribution in [2.45, 2.75) is 12.5 Å². The van der Waals surface area contributed by atoms with Crippen LogP contribution in [-0.2, 0) is 11.2 Å². The maximum absolute atomic E-state index is 5.90. The topological polar surface area (TPSA) is 35.2 Å². The fraction of sp³-hybridized carbons (Fsp3) is 0.364. The van der Waals surface area contributed by atoms with E-state index in [2.05, 4.69) is 12.1 Å². The van der Waals surface area contributed by atoms with Crippen LogP contribution in [0.1, 0.15) is 5.56 Å². The van der Waals surface area contributed by atoms with Crippen LogP contribution in [0, 0.1) is 5.92 Å². The summed E-state index contributed by atoms with van der Waals surface area (Å²) in [6.45, 7) is 0.662. The molecule has 1 aromatic rings. The summed E-state index contributed by atoms with van der Waals surface area (Å²) < 4.78 is 5.26. The van der Waals surface area contributed by atoms with Gasteiger partial charge in [0.25, 0.3) is 0 Å². The van der Waals surface area contributed by atoms with Crippen molar-refractivity contribution in [2.75, 3.05) is 6.61 Å². The van der Waals surface area contributed by atoms with Gasteiger partial charge in [-0.1, -0.05) is 30.3 Å². The van der Waals surface area contributed by atoms with E-state index >= 15 is 0 Å². The Bertz CT molecular complexity index is 325. The van der Waals surface area contributed by atoms with E-state index in [4.69, 9.17) is 22.7 Å². The Balaban J connectivity index is 2.02. The van der Waals surface area contributed by atoms with Crippen molar-refractivity contribution in [3.63, 3.8) is 0 Å². The molecule has 14 heavy (non-hydrogen) atoms. The van der Waals surface area contributed by atoms with Crippen LogP contribution in [0.4, 0.5) is 0 Å². The molecule has 1 saturated heterocycles. The van der Waals surface area contributed by atoms with Crippen LogP contribution >= 0.6 is 12.2 Å². The maximum atomic E-state index is 5.90. The summed E-state index contributed by atoms with van der Waals surface area (Å²) >= 11 is 4.99. The normalized spacial score (nSPS) is 26.2. The first-order valence-corrected chi connectivity index (χ1v) is 5.14. The number of hydrogen-bond donors (Lipinski definition) is 1. The van der Waals surface area contributed by atoms with Crippen molar-refractivity contribution in [3.05, 3.63) is 35.9 Å². The van der Waals surface area contributed by atoms with Gasteiger partial charge in [-0.3, -0.25) is 0 Å². The van der Waals surface area contributed by atoms with Crippen LogP contribution < -0.4 is 5.73 Å². The van der Waals surface area contributed by atoms with Gasteiger partial charge in [0.15, 0.2) is 5.05 Å². The van der Waals surface area contributed by atoms with Gasteiger partial charge in [0, 0.05) is 5.92 Å². The summed E-state index contributed by atoms with van der Waals surface area (Å²) in [5.41, 5.74) is 7.20. The molecule has 1 heterocycles. The first-order valence-electron chi connectivity index (χ1n) is 4.73. The molecule has 0 bridgehead atoms. The van der Waals surface area contributed by atoms with Crippen molar-refractivity contribution in [3.8, 4) is 0 Å². The Kier molecular flexibility index (Phi) is 2.79. The first-order chi connectivity index (χ1) is 6.77. The molecule has 0 aromatic heterocycles. The molecule has 0 spiro atoms. The molecular formula is C11H13NOS. The molecular weight excluding hydrogens is 194 g/mol. The molecule has 2 N–H and O–H groups in total. The molecule has 74 valence electrons. The average molecular weight is 207 g/mol. The molecule has 1 fully saturated rings. The number of rotatable bonds is 2. The molecule has 1 unspecified atom stereocenters. The number of hydrogen-bond acceptors (Lipinski definition) is 3. The van der Waals surface area contributed by atoms with Gasteiger partial charge in [-0.25, -0.2) is 0 Å². The van der Waals surface area contributed by atoms with Crippen LogP contribution in [0.5, 0.6) is 0 Å². The van der Waals surface area contributed by atoms with Gasteiger partial charge in [-0.15, -0.1) is 0 Å². The lowest BCUT2D eigenvalue weighted by Crippen LogP contribution is -2.32. The third kappa shape index (κ3) is 1.94. The average Bonchev–Trinajstić information content (AvgIpc) is 2.52. The zero-order valence-electron chi connectivity index (χ0n) is 7.85. The van der Waals surface area contributed by atoms with E-state index in [0.717, 1.165) is 6.42 Å². The predicted molar refractivity (Wildman–Crippen MR) is 60.2 cm³/mol. The fourth-order valence-electron chi connectivity index (χ4n) is 1.68. The molecule has 1 aliphatic heterocycles. The highest BCUT2D eigenvalue weighted by Crippen LogP contribution is 2.19. The molecule has 2 rings (SSSR count). The standard InChI is InChI=1S/C11H13NOS/c12-10-9(7-13-11(10)14)6-8-4-2-1-3-5-8/h1-5,9-10H,6-7,12H2/t9?,10-/m1/s1. The lowest BCUT2D eigenvalue weighted by Gasteiger charge is -2.11. The Hall–Kier alpha value is -0.930. The minimum Gasteiger partial charge on any atom is -0.485 e. The van der Waals surface area contributed by atoms with Gasteiger partial charge in [-0.05, 0) is 24.2 Å². The summed E-state index contributed by atoms with van der Waals surface area (Å²) in [6.07, 6.45) is 0.947. The Morgan fingerprint density at radius 2 is 2.07 bits per heavy atom. The van der Waals surface area contributed by atoms with Gasteiger partial charge in [0.1, 0.15) is 0 Å².